The van der Waals surface area contributed by atoms with Gasteiger partial charge in [0.25, 0.3) is 0 Å². The number of sulfonamides is 1. The number of nitrogens with zero attached hydrogens (tertiary/aromatic N) is 3. The molecule has 8 heteroatoms. The molecule has 2 aliphatic rings. The van der Waals surface area contributed by atoms with Gasteiger partial charge in [-0.3, -0.25) is 4.68 Å². The van der Waals surface area contributed by atoms with E-state index in [-0.39, 0.29) is 18.2 Å². The molecular weight excluding hydrogens is 318 g/mol. The Balaban J connectivity index is 1.94. The molecule has 1 aromatic rings. The minimum absolute atomic E-state index is 0.0147. The maximum atomic E-state index is 13.2. The topological polar surface area (TPSA) is 73.7 Å². The zero-order valence-corrected chi connectivity index (χ0v) is 15.0. The summed E-state index contributed by atoms with van der Waals surface area (Å²) in [6.07, 6.45) is 1.42. The van der Waals surface area contributed by atoms with Gasteiger partial charge in [-0.1, -0.05) is 0 Å². The molecule has 1 saturated heterocycles. The van der Waals surface area contributed by atoms with Crippen molar-refractivity contribution in [2.45, 2.75) is 56.8 Å². The lowest BCUT2D eigenvalue weighted by Gasteiger charge is -2.38. The Labute approximate surface area is 137 Å². The largest absolute Gasteiger partial charge is 0.376 e. The van der Waals surface area contributed by atoms with Crippen LogP contribution in [0.1, 0.15) is 31.2 Å². The lowest BCUT2D eigenvalue weighted by molar-refractivity contribution is -0.0938. The van der Waals surface area contributed by atoms with Gasteiger partial charge in [0, 0.05) is 20.2 Å². The number of aromatic nitrogens is 2. The molecule has 130 valence electrons. The van der Waals surface area contributed by atoms with Gasteiger partial charge in [-0.15, -0.1) is 0 Å². The summed E-state index contributed by atoms with van der Waals surface area (Å²) in [5, 5.41) is 4.26. The number of hydrogen-bond acceptors (Lipinski definition) is 5. The van der Waals surface area contributed by atoms with E-state index in [2.05, 4.69) is 5.10 Å². The third kappa shape index (κ3) is 2.71. The Morgan fingerprint density at radius 3 is 2.70 bits per heavy atom. The summed E-state index contributed by atoms with van der Waals surface area (Å²) in [7, 11) is -1.81. The SMILES string of the molecule is CCO[C@H]1CC[C@H]2[C@H]1OCCN2S(=O)(=O)c1c(C)nn(C)c1C. The molecule has 3 atom stereocenters. The molecule has 0 aromatic carbocycles. The van der Waals surface area contributed by atoms with Crippen LogP contribution in [0.25, 0.3) is 0 Å². The van der Waals surface area contributed by atoms with E-state index in [1.165, 1.54) is 0 Å². The van der Waals surface area contributed by atoms with E-state index in [1.807, 2.05) is 6.92 Å². The average Bonchev–Trinajstić information content (AvgIpc) is 3.01. The summed E-state index contributed by atoms with van der Waals surface area (Å²) in [5.74, 6) is 0. The number of rotatable bonds is 4. The van der Waals surface area contributed by atoms with Crippen molar-refractivity contribution in [1.29, 1.82) is 0 Å². The molecule has 3 rings (SSSR count). The maximum absolute atomic E-state index is 13.2. The molecule has 2 fully saturated rings. The van der Waals surface area contributed by atoms with Gasteiger partial charge in [0.1, 0.15) is 11.0 Å². The lowest BCUT2D eigenvalue weighted by atomic mass is 10.1. The molecule has 1 aromatic heterocycles. The second-order valence-corrected chi connectivity index (χ2v) is 8.04. The van der Waals surface area contributed by atoms with E-state index in [1.54, 1.807) is 29.9 Å². The van der Waals surface area contributed by atoms with Crippen molar-refractivity contribution in [3.05, 3.63) is 11.4 Å². The molecule has 1 saturated carbocycles. The third-order valence-electron chi connectivity index (χ3n) is 4.87. The molecular formula is C15H25N3O4S. The van der Waals surface area contributed by atoms with E-state index < -0.39 is 10.0 Å². The molecule has 0 radical (unpaired) electrons. The van der Waals surface area contributed by atoms with Crippen LogP contribution < -0.4 is 0 Å². The molecule has 2 heterocycles. The molecule has 7 nitrogen and oxygen atoms in total. The highest BCUT2D eigenvalue weighted by molar-refractivity contribution is 7.89. The highest BCUT2D eigenvalue weighted by Crippen LogP contribution is 2.36. The second-order valence-electron chi connectivity index (χ2n) is 6.21. The van der Waals surface area contributed by atoms with Crippen molar-refractivity contribution in [2.75, 3.05) is 19.8 Å². The van der Waals surface area contributed by atoms with Gasteiger partial charge in [-0.25, -0.2) is 8.42 Å². The van der Waals surface area contributed by atoms with Crippen LogP contribution in [0.5, 0.6) is 0 Å². The van der Waals surface area contributed by atoms with Crippen molar-refractivity contribution in [2.24, 2.45) is 7.05 Å². The fourth-order valence-electron chi connectivity index (χ4n) is 3.82. The Morgan fingerprint density at radius 2 is 2.09 bits per heavy atom. The summed E-state index contributed by atoms with van der Waals surface area (Å²) in [6.45, 7) is 6.90. The van der Waals surface area contributed by atoms with E-state index in [0.29, 0.717) is 36.0 Å². The standard InChI is InChI=1S/C15H25N3O4S/c1-5-21-13-7-6-12-14(13)22-9-8-18(12)23(19,20)15-10(2)16-17(4)11(15)3/h12-14H,5-9H2,1-4H3/t12-,13-,14+/m0/s1. The molecule has 23 heavy (non-hydrogen) atoms. The minimum Gasteiger partial charge on any atom is -0.376 e. The summed E-state index contributed by atoms with van der Waals surface area (Å²) >= 11 is 0. The van der Waals surface area contributed by atoms with Gasteiger partial charge in [-0.05, 0) is 33.6 Å². The summed E-state index contributed by atoms with van der Waals surface area (Å²) in [5.41, 5.74) is 1.22. The van der Waals surface area contributed by atoms with Crippen LogP contribution in [0.15, 0.2) is 4.90 Å². The van der Waals surface area contributed by atoms with Gasteiger partial charge < -0.3 is 9.47 Å². The van der Waals surface area contributed by atoms with Gasteiger partial charge >= 0.3 is 0 Å². The van der Waals surface area contributed by atoms with Gasteiger partial charge in [0.05, 0.1) is 30.1 Å². The van der Waals surface area contributed by atoms with Gasteiger partial charge in [0.2, 0.25) is 10.0 Å². The van der Waals surface area contributed by atoms with Crippen LogP contribution >= 0.6 is 0 Å². The molecule has 1 aliphatic heterocycles. The smallest absolute Gasteiger partial charge is 0.247 e. The molecule has 0 spiro atoms. The predicted molar refractivity (Wildman–Crippen MR) is 84.7 cm³/mol. The van der Waals surface area contributed by atoms with Crippen LogP contribution in [0.4, 0.5) is 0 Å². The Bertz CT molecular complexity index is 685. The van der Waals surface area contributed by atoms with Gasteiger partial charge in [0.15, 0.2) is 0 Å². The van der Waals surface area contributed by atoms with E-state index >= 15 is 0 Å². The maximum Gasteiger partial charge on any atom is 0.247 e. The van der Waals surface area contributed by atoms with Crippen LogP contribution in [0.2, 0.25) is 0 Å². The van der Waals surface area contributed by atoms with Crippen molar-refractivity contribution in [3.63, 3.8) is 0 Å². The van der Waals surface area contributed by atoms with Gasteiger partial charge in [-0.2, -0.15) is 9.40 Å². The number of morpholine rings is 1. The van der Waals surface area contributed by atoms with Crippen LogP contribution in [-0.2, 0) is 26.5 Å². The second kappa shape index (κ2) is 6.16. The molecule has 0 amide bonds. The van der Waals surface area contributed by atoms with Crippen molar-refractivity contribution in [1.82, 2.24) is 14.1 Å². The molecule has 1 aliphatic carbocycles. The highest BCUT2D eigenvalue weighted by Gasteiger charge is 2.48. The normalized spacial score (nSPS) is 29.0. The molecule has 0 unspecified atom stereocenters. The number of fused-ring (bicyclic) bond motifs is 1. The van der Waals surface area contributed by atoms with E-state index in [4.69, 9.17) is 9.47 Å². The average molecular weight is 343 g/mol. The first-order valence-corrected chi connectivity index (χ1v) is 9.57. The lowest BCUT2D eigenvalue weighted by Crippen LogP contribution is -2.53. The first-order valence-electron chi connectivity index (χ1n) is 8.13. The first kappa shape index (κ1) is 16.9. The summed E-state index contributed by atoms with van der Waals surface area (Å²) < 4.78 is 41.3. The van der Waals surface area contributed by atoms with Crippen molar-refractivity contribution in [3.8, 4) is 0 Å². The quantitative estimate of drug-likeness (QED) is 0.815. The number of hydrogen-bond donors (Lipinski definition) is 0. The van der Waals surface area contributed by atoms with Crippen molar-refractivity contribution >= 4 is 10.0 Å². The fraction of sp³-hybridized carbons (Fsp3) is 0.800. The number of aryl methyl sites for hydroxylation is 2. The zero-order valence-electron chi connectivity index (χ0n) is 14.2. The van der Waals surface area contributed by atoms with E-state index in [0.717, 1.165) is 12.8 Å². The Morgan fingerprint density at radius 1 is 1.35 bits per heavy atom. The summed E-state index contributed by atoms with van der Waals surface area (Å²) in [4.78, 5) is 0.334. The predicted octanol–water partition coefficient (Wildman–Crippen LogP) is 0.994. The van der Waals surface area contributed by atoms with Crippen LogP contribution in [0, 0.1) is 13.8 Å². The number of ether oxygens (including phenoxy) is 2. The van der Waals surface area contributed by atoms with Crippen molar-refractivity contribution < 1.29 is 17.9 Å². The van der Waals surface area contributed by atoms with Crippen LogP contribution in [-0.4, -0.2) is 60.5 Å². The Hall–Kier alpha value is -0.960. The van der Waals surface area contributed by atoms with E-state index in [9.17, 15) is 8.42 Å². The molecule has 0 bridgehead atoms. The minimum atomic E-state index is -3.58. The fourth-order valence-corrected chi connectivity index (χ4v) is 5.87. The summed E-state index contributed by atoms with van der Waals surface area (Å²) in [6, 6.07) is -0.149. The first-order chi connectivity index (χ1) is 10.9. The zero-order chi connectivity index (χ0) is 16.8. The third-order valence-corrected chi connectivity index (χ3v) is 7.05. The molecule has 0 N–H and O–H groups in total. The highest BCUT2D eigenvalue weighted by atomic mass is 32.2. The van der Waals surface area contributed by atoms with Crippen LogP contribution in [0.3, 0.4) is 0 Å². The Kier molecular flexibility index (Phi) is 4.52. The monoisotopic (exact) mass is 343 g/mol.